The van der Waals surface area contributed by atoms with Crippen molar-refractivity contribution in [3.8, 4) is 0 Å². The Balaban J connectivity index is 1.97. The van der Waals surface area contributed by atoms with E-state index in [0.29, 0.717) is 18.1 Å². The topological polar surface area (TPSA) is 89.7 Å². The molecule has 2 N–H and O–H groups in total. The molecule has 1 fully saturated rings. The number of ether oxygens (including phenoxy) is 1. The number of amides is 2. The van der Waals surface area contributed by atoms with Crippen molar-refractivity contribution in [2.45, 2.75) is 70.3 Å². The number of imide groups is 1. The zero-order valence-corrected chi connectivity index (χ0v) is 19.5. The molecule has 172 valence electrons. The zero-order chi connectivity index (χ0) is 22.6. The molecular weight excluding hydrogens is 412 g/mol. The van der Waals surface area contributed by atoms with Gasteiger partial charge in [-0.2, -0.15) is 0 Å². The summed E-state index contributed by atoms with van der Waals surface area (Å²) in [4.78, 5) is 38.4. The zero-order valence-electron chi connectivity index (χ0n) is 18.7. The summed E-state index contributed by atoms with van der Waals surface area (Å²) in [5.74, 6) is 0.683. The highest BCUT2D eigenvalue weighted by atomic mass is 32.2. The molecule has 1 aliphatic carbocycles. The molecule has 2 atom stereocenters. The number of hydrogen-bond acceptors (Lipinski definition) is 6. The van der Waals surface area contributed by atoms with Gasteiger partial charge in [0.15, 0.2) is 0 Å². The summed E-state index contributed by atoms with van der Waals surface area (Å²) in [7, 11) is 0. The summed E-state index contributed by atoms with van der Waals surface area (Å²) in [6.45, 7) is 4.24. The summed E-state index contributed by atoms with van der Waals surface area (Å²) in [5, 5.41) is -0.0954. The fraction of sp³-hybridized carbons (Fsp3) is 0.625. The highest BCUT2D eigenvalue weighted by molar-refractivity contribution is 8.00. The van der Waals surface area contributed by atoms with Gasteiger partial charge in [0, 0.05) is 12.3 Å². The number of nitrogens with zero attached hydrogens (tertiary/aromatic N) is 1. The number of carbonyl (C=O) groups excluding carboxylic acids is 3. The van der Waals surface area contributed by atoms with E-state index < -0.39 is 18.0 Å². The number of carbonyl (C=O) groups is 3. The van der Waals surface area contributed by atoms with Gasteiger partial charge in [0.2, 0.25) is 5.91 Å². The van der Waals surface area contributed by atoms with Gasteiger partial charge in [0.1, 0.15) is 12.9 Å². The summed E-state index contributed by atoms with van der Waals surface area (Å²) >= 11 is 1.52. The first-order chi connectivity index (χ1) is 14.9. The molecule has 0 saturated heterocycles. The number of thioether (sulfide) groups is 1. The van der Waals surface area contributed by atoms with E-state index in [9.17, 15) is 14.4 Å². The van der Waals surface area contributed by atoms with Crippen molar-refractivity contribution in [2.24, 2.45) is 17.6 Å². The first-order valence-electron chi connectivity index (χ1n) is 11.3. The average Bonchev–Trinajstić information content (AvgIpc) is 2.78. The Bertz CT molecular complexity index is 692. The molecule has 2 rings (SSSR count). The molecule has 0 spiro atoms. The molecule has 2 amide bonds. The van der Waals surface area contributed by atoms with Crippen LogP contribution in [0.3, 0.4) is 0 Å². The van der Waals surface area contributed by atoms with Crippen LogP contribution in [-0.2, 0) is 20.9 Å². The molecule has 1 aromatic rings. The third kappa shape index (κ3) is 8.65. The van der Waals surface area contributed by atoms with Gasteiger partial charge in [-0.05, 0) is 36.7 Å². The van der Waals surface area contributed by atoms with E-state index in [4.69, 9.17) is 10.5 Å². The minimum Gasteiger partial charge on any atom is -0.444 e. The number of aldehydes is 1. The molecule has 1 aromatic carbocycles. The molecule has 0 bridgehead atoms. The van der Waals surface area contributed by atoms with Crippen LogP contribution in [-0.4, -0.2) is 46.8 Å². The smallest absolute Gasteiger partial charge is 0.416 e. The minimum absolute atomic E-state index is 0.0923. The number of hydrogen-bond donors (Lipinski definition) is 1. The highest BCUT2D eigenvalue weighted by Crippen LogP contribution is 2.31. The van der Waals surface area contributed by atoms with Crippen LogP contribution in [0.15, 0.2) is 30.3 Å². The fourth-order valence-corrected chi connectivity index (χ4v) is 5.11. The molecule has 6 nitrogen and oxygen atoms in total. The van der Waals surface area contributed by atoms with Crippen LogP contribution in [0, 0.1) is 11.8 Å². The lowest BCUT2D eigenvalue weighted by atomic mass is 9.87. The molecule has 7 heteroatoms. The molecule has 0 aromatic heterocycles. The standard InChI is InChI=1S/C24H36N2O4S/c1-18(2)15-21(25)23(28)26(24(29)30-17-19-9-5-3-6-10-19)13-14-31-22(16-27)20-11-7-4-8-12-20/h3,5-6,9-10,16,18,20-22H,4,7-8,11-15,17,25H2,1-2H3/t21-,22?/m1/s1. The van der Waals surface area contributed by atoms with Crippen LogP contribution in [0.4, 0.5) is 4.79 Å². The monoisotopic (exact) mass is 448 g/mol. The Hall–Kier alpha value is -1.86. The van der Waals surface area contributed by atoms with Crippen molar-refractivity contribution in [2.75, 3.05) is 12.3 Å². The third-order valence-electron chi connectivity index (χ3n) is 5.61. The lowest BCUT2D eigenvalue weighted by molar-refractivity contribution is -0.131. The second kappa shape index (κ2) is 13.5. The van der Waals surface area contributed by atoms with E-state index in [1.807, 2.05) is 44.2 Å². The molecule has 0 aliphatic heterocycles. The molecule has 0 radical (unpaired) electrons. The Morgan fingerprint density at radius 1 is 1.19 bits per heavy atom. The molecule has 1 unspecified atom stereocenters. The van der Waals surface area contributed by atoms with Crippen molar-refractivity contribution < 1.29 is 19.1 Å². The minimum atomic E-state index is -0.755. The molecule has 1 saturated carbocycles. The van der Waals surface area contributed by atoms with E-state index >= 15 is 0 Å². The first-order valence-corrected chi connectivity index (χ1v) is 12.3. The second-order valence-electron chi connectivity index (χ2n) is 8.64. The lowest BCUT2D eigenvalue weighted by Gasteiger charge is -2.28. The van der Waals surface area contributed by atoms with Crippen LogP contribution in [0.1, 0.15) is 57.9 Å². The van der Waals surface area contributed by atoms with Crippen LogP contribution >= 0.6 is 11.8 Å². The van der Waals surface area contributed by atoms with Crippen LogP contribution in [0.5, 0.6) is 0 Å². The van der Waals surface area contributed by atoms with Gasteiger partial charge in [-0.1, -0.05) is 63.4 Å². The van der Waals surface area contributed by atoms with E-state index in [0.717, 1.165) is 42.4 Å². The lowest BCUT2D eigenvalue weighted by Crippen LogP contribution is -2.48. The normalized spacial score (nSPS) is 16.5. The number of nitrogens with two attached hydrogens (primary N) is 1. The van der Waals surface area contributed by atoms with E-state index in [2.05, 4.69) is 0 Å². The predicted octanol–water partition coefficient (Wildman–Crippen LogP) is 4.41. The Kier molecular flexibility index (Phi) is 11.1. The number of benzene rings is 1. The quantitative estimate of drug-likeness (QED) is 0.505. The van der Waals surface area contributed by atoms with E-state index in [1.165, 1.54) is 18.2 Å². The second-order valence-corrected chi connectivity index (χ2v) is 9.92. The predicted molar refractivity (Wildman–Crippen MR) is 125 cm³/mol. The van der Waals surface area contributed by atoms with Crippen molar-refractivity contribution in [1.82, 2.24) is 4.90 Å². The van der Waals surface area contributed by atoms with E-state index in [-0.39, 0.29) is 24.3 Å². The maximum Gasteiger partial charge on any atom is 0.416 e. The molecule has 1 aliphatic rings. The van der Waals surface area contributed by atoms with Gasteiger partial charge in [-0.15, -0.1) is 11.8 Å². The largest absolute Gasteiger partial charge is 0.444 e. The SMILES string of the molecule is CC(C)C[C@@H](N)C(=O)N(CCSC(C=O)C1CCCCC1)C(=O)OCc1ccccc1. The van der Waals surface area contributed by atoms with Gasteiger partial charge in [0.25, 0.3) is 0 Å². The molecule has 0 heterocycles. The maximum absolute atomic E-state index is 12.9. The summed E-state index contributed by atoms with van der Waals surface area (Å²) in [6, 6.07) is 8.59. The van der Waals surface area contributed by atoms with Crippen molar-refractivity contribution >= 4 is 30.0 Å². The summed E-state index contributed by atoms with van der Waals surface area (Å²) in [5.41, 5.74) is 6.93. The van der Waals surface area contributed by atoms with Gasteiger partial charge in [-0.3, -0.25) is 4.79 Å². The summed E-state index contributed by atoms with van der Waals surface area (Å²) < 4.78 is 5.40. The van der Waals surface area contributed by atoms with Crippen LogP contribution in [0.2, 0.25) is 0 Å². The van der Waals surface area contributed by atoms with Crippen molar-refractivity contribution in [3.05, 3.63) is 35.9 Å². The summed E-state index contributed by atoms with van der Waals surface area (Å²) in [6.07, 6.45) is 6.52. The van der Waals surface area contributed by atoms with Gasteiger partial charge in [0.05, 0.1) is 11.3 Å². The number of rotatable bonds is 11. The Morgan fingerprint density at radius 3 is 2.48 bits per heavy atom. The highest BCUT2D eigenvalue weighted by Gasteiger charge is 2.29. The average molecular weight is 449 g/mol. The first kappa shape index (κ1) is 25.4. The molecule has 31 heavy (non-hydrogen) atoms. The Labute approximate surface area is 190 Å². The van der Waals surface area contributed by atoms with Crippen molar-refractivity contribution in [3.63, 3.8) is 0 Å². The van der Waals surface area contributed by atoms with Crippen LogP contribution < -0.4 is 5.73 Å². The maximum atomic E-state index is 12.9. The molecular formula is C24H36N2O4S. The van der Waals surface area contributed by atoms with Gasteiger partial charge in [-0.25, -0.2) is 9.69 Å². The van der Waals surface area contributed by atoms with Gasteiger partial charge >= 0.3 is 6.09 Å². The van der Waals surface area contributed by atoms with E-state index in [1.54, 1.807) is 0 Å². The third-order valence-corrected chi connectivity index (χ3v) is 6.91. The van der Waals surface area contributed by atoms with Crippen molar-refractivity contribution in [1.29, 1.82) is 0 Å². The van der Waals surface area contributed by atoms with Gasteiger partial charge < -0.3 is 15.3 Å². The van der Waals surface area contributed by atoms with Crippen LogP contribution in [0.25, 0.3) is 0 Å². The Morgan fingerprint density at radius 2 is 1.87 bits per heavy atom. The fourth-order valence-electron chi connectivity index (χ4n) is 3.93.